The Hall–Kier alpha value is -2.61. The average Bonchev–Trinajstić information content (AvgIpc) is 2.60. The minimum absolute atomic E-state index is 0.193. The summed E-state index contributed by atoms with van der Waals surface area (Å²) < 4.78 is 29.4. The zero-order chi connectivity index (χ0) is 19.7. The number of benzene rings is 2. The van der Waals surface area contributed by atoms with E-state index in [1.54, 1.807) is 13.2 Å². The maximum Gasteiger partial charge on any atom is 0.310 e. The van der Waals surface area contributed by atoms with E-state index in [1.165, 1.54) is 12.1 Å². The zero-order valence-electron chi connectivity index (χ0n) is 15.3. The Labute approximate surface area is 158 Å². The van der Waals surface area contributed by atoms with Gasteiger partial charge in [-0.15, -0.1) is 0 Å². The summed E-state index contributed by atoms with van der Waals surface area (Å²) in [6.07, 6.45) is 3.90. The van der Waals surface area contributed by atoms with Gasteiger partial charge in [-0.1, -0.05) is 30.7 Å². The second-order valence-corrected chi connectivity index (χ2v) is 8.85. The van der Waals surface area contributed by atoms with E-state index in [9.17, 15) is 18.5 Å². The van der Waals surface area contributed by atoms with E-state index in [0.717, 1.165) is 36.8 Å². The summed E-state index contributed by atoms with van der Waals surface area (Å²) in [5, 5.41) is 14.7. The number of para-hydroxylation sites is 2. The van der Waals surface area contributed by atoms with Crippen molar-refractivity contribution in [1.29, 1.82) is 0 Å². The molecule has 1 N–H and O–H groups in total. The van der Waals surface area contributed by atoms with Crippen molar-refractivity contribution in [2.24, 2.45) is 0 Å². The molecule has 0 aromatic heterocycles. The number of methoxy groups -OCH3 is 1. The summed E-state index contributed by atoms with van der Waals surface area (Å²) in [7, 11) is -2.09. The second kappa shape index (κ2) is 7.19. The predicted octanol–water partition coefficient (Wildman–Crippen LogP) is 3.54. The first-order valence-electron chi connectivity index (χ1n) is 8.63. The van der Waals surface area contributed by atoms with Crippen LogP contribution < -0.4 is 10.1 Å². The number of nitro benzene ring substituents is 1. The Kier molecular flexibility index (Phi) is 5.10. The first-order valence-corrected chi connectivity index (χ1v) is 10.5. The summed E-state index contributed by atoms with van der Waals surface area (Å²) in [5.74, 6) is 0.790. The molecular weight excluding hydrogens is 368 g/mol. The molecule has 0 spiro atoms. The molecule has 2 aromatic carbocycles. The van der Waals surface area contributed by atoms with E-state index in [4.69, 9.17) is 4.74 Å². The number of anilines is 1. The fourth-order valence-corrected chi connectivity index (χ4v) is 4.51. The van der Waals surface area contributed by atoms with Crippen LogP contribution in [0.1, 0.15) is 24.8 Å². The van der Waals surface area contributed by atoms with Gasteiger partial charge in [0.1, 0.15) is 16.3 Å². The van der Waals surface area contributed by atoms with Crippen LogP contribution in [0.15, 0.2) is 47.4 Å². The Morgan fingerprint density at radius 3 is 2.44 bits per heavy atom. The van der Waals surface area contributed by atoms with Crippen LogP contribution in [0, 0.1) is 10.1 Å². The quantitative estimate of drug-likeness (QED) is 0.573. The van der Waals surface area contributed by atoms with Crippen LogP contribution in [0.4, 0.5) is 11.4 Å². The van der Waals surface area contributed by atoms with Crippen molar-refractivity contribution in [2.45, 2.75) is 29.6 Å². The Morgan fingerprint density at radius 2 is 1.89 bits per heavy atom. The number of hydrogen-bond acceptors (Lipinski definition) is 6. The Bertz CT molecular complexity index is 968. The average molecular weight is 390 g/mol. The van der Waals surface area contributed by atoms with Gasteiger partial charge >= 0.3 is 5.69 Å². The van der Waals surface area contributed by atoms with Crippen LogP contribution in [-0.4, -0.2) is 33.3 Å². The van der Waals surface area contributed by atoms with Crippen molar-refractivity contribution < 1.29 is 18.1 Å². The molecule has 0 radical (unpaired) electrons. The van der Waals surface area contributed by atoms with E-state index in [-0.39, 0.29) is 16.0 Å². The number of sulfone groups is 1. The number of ether oxygens (including phenoxy) is 1. The largest absolute Gasteiger partial charge is 0.496 e. The van der Waals surface area contributed by atoms with Crippen LogP contribution in [0.3, 0.4) is 0 Å². The standard InChI is InChI=1S/C19H22N2O5S/c1-26-16-9-4-3-7-14(16)19(11-6-12-19)13-20-15-8-5-10-17(27(2,24)25)18(15)21(22)23/h3-5,7-10,20H,6,11-13H2,1-2H3. The topological polar surface area (TPSA) is 98.5 Å². The third-order valence-corrected chi connectivity index (χ3v) is 6.32. The van der Waals surface area contributed by atoms with E-state index >= 15 is 0 Å². The zero-order valence-corrected chi connectivity index (χ0v) is 16.1. The molecule has 144 valence electrons. The maximum atomic E-state index is 11.9. The van der Waals surface area contributed by atoms with Crippen LogP contribution in [0.25, 0.3) is 0 Å². The Morgan fingerprint density at radius 1 is 1.19 bits per heavy atom. The molecule has 0 heterocycles. The van der Waals surface area contributed by atoms with Crippen LogP contribution in [0.5, 0.6) is 5.75 Å². The highest BCUT2D eigenvalue weighted by Gasteiger charge is 2.41. The van der Waals surface area contributed by atoms with Gasteiger partial charge < -0.3 is 10.1 Å². The number of nitrogens with one attached hydrogen (secondary N) is 1. The van der Waals surface area contributed by atoms with Gasteiger partial charge in [0.05, 0.1) is 12.0 Å². The highest BCUT2D eigenvalue weighted by molar-refractivity contribution is 7.90. The number of hydrogen-bond donors (Lipinski definition) is 1. The fraction of sp³-hybridized carbons (Fsp3) is 0.368. The maximum absolute atomic E-state index is 11.9. The molecule has 0 saturated heterocycles. The number of nitro groups is 1. The molecule has 1 aliphatic rings. The molecule has 1 aliphatic carbocycles. The summed E-state index contributed by atoms with van der Waals surface area (Å²) in [5.41, 5.74) is 0.674. The molecule has 8 heteroatoms. The fourth-order valence-electron chi connectivity index (χ4n) is 3.64. The van der Waals surface area contributed by atoms with Crippen LogP contribution >= 0.6 is 0 Å². The van der Waals surface area contributed by atoms with Gasteiger partial charge in [-0.05, 0) is 31.0 Å². The molecule has 1 fully saturated rings. The molecule has 3 rings (SSSR count). The van der Waals surface area contributed by atoms with Gasteiger partial charge in [-0.3, -0.25) is 10.1 Å². The van der Waals surface area contributed by atoms with Gasteiger partial charge in [-0.25, -0.2) is 8.42 Å². The van der Waals surface area contributed by atoms with E-state index < -0.39 is 20.4 Å². The summed E-state index contributed by atoms with van der Waals surface area (Å²) >= 11 is 0. The lowest BCUT2D eigenvalue weighted by Crippen LogP contribution is -2.41. The SMILES string of the molecule is COc1ccccc1C1(CNc2cccc(S(C)(=O)=O)c2[N+](=O)[O-])CCC1. The van der Waals surface area contributed by atoms with Crippen molar-refractivity contribution >= 4 is 21.2 Å². The van der Waals surface area contributed by atoms with Crippen molar-refractivity contribution in [3.63, 3.8) is 0 Å². The lowest BCUT2D eigenvalue weighted by Gasteiger charge is -2.43. The van der Waals surface area contributed by atoms with Gasteiger partial charge in [-0.2, -0.15) is 0 Å². The molecule has 2 aromatic rings. The molecule has 0 bridgehead atoms. The summed E-state index contributed by atoms with van der Waals surface area (Å²) in [6.45, 7) is 0.460. The molecular formula is C19H22N2O5S. The van der Waals surface area contributed by atoms with Crippen molar-refractivity contribution in [2.75, 3.05) is 25.2 Å². The van der Waals surface area contributed by atoms with Gasteiger partial charge in [0, 0.05) is 23.8 Å². The smallest absolute Gasteiger partial charge is 0.310 e. The summed E-state index contributed by atoms with van der Waals surface area (Å²) in [4.78, 5) is 10.6. The summed E-state index contributed by atoms with van der Waals surface area (Å²) in [6, 6.07) is 12.1. The van der Waals surface area contributed by atoms with Crippen molar-refractivity contribution in [1.82, 2.24) is 0 Å². The van der Waals surface area contributed by atoms with E-state index in [2.05, 4.69) is 5.32 Å². The first-order chi connectivity index (χ1) is 12.8. The van der Waals surface area contributed by atoms with Crippen LogP contribution in [-0.2, 0) is 15.3 Å². The van der Waals surface area contributed by atoms with Gasteiger partial charge in [0.2, 0.25) is 0 Å². The molecule has 1 saturated carbocycles. The molecule has 0 unspecified atom stereocenters. The minimum Gasteiger partial charge on any atom is -0.496 e. The highest BCUT2D eigenvalue weighted by atomic mass is 32.2. The lowest BCUT2D eigenvalue weighted by atomic mass is 9.64. The second-order valence-electron chi connectivity index (χ2n) is 6.87. The first kappa shape index (κ1) is 19.2. The van der Waals surface area contributed by atoms with Crippen LogP contribution in [0.2, 0.25) is 0 Å². The normalized spacial score (nSPS) is 15.6. The minimum atomic E-state index is -3.71. The third kappa shape index (κ3) is 3.62. The van der Waals surface area contributed by atoms with Gasteiger partial charge in [0.15, 0.2) is 9.84 Å². The number of rotatable bonds is 7. The van der Waals surface area contributed by atoms with E-state index in [1.807, 2.05) is 24.3 Å². The molecule has 0 amide bonds. The van der Waals surface area contributed by atoms with Crippen molar-refractivity contribution in [3.05, 3.63) is 58.1 Å². The lowest BCUT2D eigenvalue weighted by molar-refractivity contribution is -0.386. The highest BCUT2D eigenvalue weighted by Crippen LogP contribution is 2.47. The molecule has 27 heavy (non-hydrogen) atoms. The van der Waals surface area contributed by atoms with Crippen molar-refractivity contribution in [3.8, 4) is 5.75 Å². The monoisotopic (exact) mass is 390 g/mol. The predicted molar refractivity (Wildman–Crippen MR) is 103 cm³/mol. The third-order valence-electron chi connectivity index (χ3n) is 5.19. The molecule has 7 nitrogen and oxygen atoms in total. The Balaban J connectivity index is 1.96. The van der Waals surface area contributed by atoms with E-state index in [0.29, 0.717) is 6.54 Å². The molecule has 0 atom stereocenters. The molecule has 0 aliphatic heterocycles. The van der Waals surface area contributed by atoms with Gasteiger partial charge in [0.25, 0.3) is 0 Å². The number of nitrogens with zero attached hydrogens (tertiary/aromatic N) is 1.